The lowest BCUT2D eigenvalue weighted by Gasteiger charge is -2.12. The van der Waals surface area contributed by atoms with E-state index in [1.165, 1.54) is 0 Å². The number of nitriles is 1. The van der Waals surface area contributed by atoms with Crippen molar-refractivity contribution in [1.82, 2.24) is 9.78 Å². The van der Waals surface area contributed by atoms with E-state index in [1.54, 1.807) is 48.3 Å². The topological polar surface area (TPSA) is 70.7 Å². The van der Waals surface area contributed by atoms with Gasteiger partial charge in [0.25, 0.3) is 0 Å². The summed E-state index contributed by atoms with van der Waals surface area (Å²) >= 11 is 3.29. The van der Waals surface area contributed by atoms with Gasteiger partial charge in [0.05, 0.1) is 22.3 Å². The van der Waals surface area contributed by atoms with Crippen LogP contribution in [0.4, 0.5) is 5.69 Å². The van der Waals surface area contributed by atoms with Gasteiger partial charge in [0.15, 0.2) is 0 Å². The Morgan fingerprint density at radius 3 is 2.68 bits per heavy atom. The first-order valence-corrected chi connectivity index (χ1v) is 6.40. The van der Waals surface area contributed by atoms with Gasteiger partial charge in [-0.25, -0.2) is 0 Å². The van der Waals surface area contributed by atoms with E-state index < -0.39 is 6.04 Å². The Hall–Kier alpha value is -2.13. The van der Waals surface area contributed by atoms with Gasteiger partial charge in [0, 0.05) is 11.9 Å². The zero-order valence-corrected chi connectivity index (χ0v) is 11.8. The molecule has 0 fully saturated rings. The van der Waals surface area contributed by atoms with E-state index in [1.807, 2.05) is 6.07 Å². The minimum absolute atomic E-state index is 0.166. The Bertz CT molecular complexity index is 627. The van der Waals surface area contributed by atoms with Crippen LogP contribution in [0, 0.1) is 11.3 Å². The summed E-state index contributed by atoms with van der Waals surface area (Å²) in [6.45, 7) is 1.76. The summed E-state index contributed by atoms with van der Waals surface area (Å²) in [5, 5.41) is 15.5. The SMILES string of the molecule is CC(C(=O)Nc1ccc(C#N)cc1)n1cc(Br)cn1. The number of amides is 1. The highest BCUT2D eigenvalue weighted by molar-refractivity contribution is 9.10. The van der Waals surface area contributed by atoms with Crippen molar-refractivity contribution in [3.63, 3.8) is 0 Å². The molecule has 1 aromatic carbocycles. The molecule has 1 N–H and O–H groups in total. The minimum atomic E-state index is -0.415. The quantitative estimate of drug-likeness (QED) is 0.945. The van der Waals surface area contributed by atoms with Crippen LogP contribution in [-0.4, -0.2) is 15.7 Å². The summed E-state index contributed by atoms with van der Waals surface area (Å²) in [4.78, 5) is 12.0. The number of nitrogens with one attached hydrogen (secondary N) is 1. The summed E-state index contributed by atoms with van der Waals surface area (Å²) in [5.41, 5.74) is 1.21. The van der Waals surface area contributed by atoms with Gasteiger partial charge in [0.1, 0.15) is 6.04 Å². The molecule has 2 aromatic rings. The average Bonchev–Trinajstić information content (AvgIpc) is 2.85. The van der Waals surface area contributed by atoms with E-state index in [0.717, 1.165) is 4.47 Å². The predicted octanol–water partition coefficient (Wildman–Crippen LogP) is 2.72. The Labute approximate surface area is 119 Å². The lowest BCUT2D eigenvalue weighted by molar-refractivity contribution is -0.119. The Kier molecular flexibility index (Phi) is 3.97. The van der Waals surface area contributed by atoms with Crippen molar-refractivity contribution in [3.8, 4) is 6.07 Å². The van der Waals surface area contributed by atoms with Crippen molar-refractivity contribution in [2.24, 2.45) is 0 Å². The molecule has 0 saturated carbocycles. The Morgan fingerprint density at radius 2 is 2.16 bits per heavy atom. The smallest absolute Gasteiger partial charge is 0.248 e. The number of benzene rings is 1. The molecule has 1 amide bonds. The number of hydrogen-bond donors (Lipinski definition) is 1. The molecule has 1 unspecified atom stereocenters. The summed E-state index contributed by atoms with van der Waals surface area (Å²) in [6, 6.07) is 8.32. The second-order valence-electron chi connectivity index (χ2n) is 3.99. The third-order valence-corrected chi connectivity index (χ3v) is 3.04. The van der Waals surface area contributed by atoms with Crippen molar-refractivity contribution in [3.05, 3.63) is 46.7 Å². The van der Waals surface area contributed by atoms with Crippen molar-refractivity contribution >= 4 is 27.5 Å². The van der Waals surface area contributed by atoms with E-state index in [-0.39, 0.29) is 5.91 Å². The molecule has 2 rings (SSSR count). The van der Waals surface area contributed by atoms with Crippen molar-refractivity contribution in [2.75, 3.05) is 5.32 Å². The number of halogens is 1. The van der Waals surface area contributed by atoms with Crippen molar-refractivity contribution < 1.29 is 4.79 Å². The van der Waals surface area contributed by atoms with Crippen LogP contribution >= 0.6 is 15.9 Å². The molecule has 0 radical (unpaired) electrons. The highest BCUT2D eigenvalue weighted by Crippen LogP contribution is 2.15. The van der Waals surface area contributed by atoms with Gasteiger partial charge in [-0.2, -0.15) is 10.4 Å². The van der Waals surface area contributed by atoms with E-state index in [0.29, 0.717) is 11.3 Å². The van der Waals surface area contributed by atoms with E-state index in [2.05, 4.69) is 26.3 Å². The first kappa shape index (κ1) is 13.3. The van der Waals surface area contributed by atoms with Crippen LogP contribution in [0.5, 0.6) is 0 Å². The molecule has 96 valence electrons. The van der Waals surface area contributed by atoms with Crippen LogP contribution in [0.15, 0.2) is 41.1 Å². The minimum Gasteiger partial charge on any atom is -0.324 e. The molecule has 0 bridgehead atoms. The fourth-order valence-corrected chi connectivity index (χ4v) is 1.82. The molecule has 1 aromatic heterocycles. The summed E-state index contributed by atoms with van der Waals surface area (Å²) < 4.78 is 2.40. The monoisotopic (exact) mass is 318 g/mol. The van der Waals surface area contributed by atoms with Gasteiger partial charge >= 0.3 is 0 Å². The fraction of sp³-hybridized carbons (Fsp3) is 0.154. The van der Waals surface area contributed by atoms with Gasteiger partial charge < -0.3 is 5.32 Å². The van der Waals surface area contributed by atoms with Crippen LogP contribution in [-0.2, 0) is 4.79 Å². The number of anilines is 1. The third-order valence-electron chi connectivity index (χ3n) is 2.63. The van der Waals surface area contributed by atoms with E-state index in [4.69, 9.17) is 5.26 Å². The van der Waals surface area contributed by atoms with Crippen LogP contribution in [0.1, 0.15) is 18.5 Å². The average molecular weight is 319 g/mol. The molecule has 1 atom stereocenters. The van der Waals surface area contributed by atoms with Gasteiger partial charge in [-0.05, 0) is 47.1 Å². The maximum absolute atomic E-state index is 12.0. The molecular weight excluding hydrogens is 308 g/mol. The molecule has 0 spiro atoms. The van der Waals surface area contributed by atoms with Crippen molar-refractivity contribution in [2.45, 2.75) is 13.0 Å². The maximum atomic E-state index is 12.0. The molecule has 0 saturated heterocycles. The Balaban J connectivity index is 2.06. The summed E-state index contributed by atoms with van der Waals surface area (Å²) in [7, 11) is 0. The number of rotatable bonds is 3. The fourth-order valence-electron chi connectivity index (χ4n) is 1.52. The second kappa shape index (κ2) is 5.67. The highest BCUT2D eigenvalue weighted by atomic mass is 79.9. The lowest BCUT2D eigenvalue weighted by atomic mass is 10.2. The summed E-state index contributed by atoms with van der Waals surface area (Å²) in [5.74, 6) is -0.166. The second-order valence-corrected chi connectivity index (χ2v) is 4.91. The van der Waals surface area contributed by atoms with E-state index >= 15 is 0 Å². The zero-order valence-electron chi connectivity index (χ0n) is 10.2. The molecule has 19 heavy (non-hydrogen) atoms. The van der Waals surface area contributed by atoms with Gasteiger partial charge in [-0.3, -0.25) is 9.48 Å². The molecule has 6 heteroatoms. The number of carbonyl (C=O) groups excluding carboxylic acids is 1. The van der Waals surface area contributed by atoms with Crippen molar-refractivity contribution in [1.29, 1.82) is 5.26 Å². The largest absolute Gasteiger partial charge is 0.324 e. The normalized spacial score (nSPS) is 11.6. The Morgan fingerprint density at radius 1 is 1.47 bits per heavy atom. The lowest BCUT2D eigenvalue weighted by Crippen LogP contribution is -2.23. The molecular formula is C13H11BrN4O. The maximum Gasteiger partial charge on any atom is 0.248 e. The highest BCUT2D eigenvalue weighted by Gasteiger charge is 2.15. The molecule has 1 heterocycles. The first-order valence-electron chi connectivity index (χ1n) is 5.61. The number of nitrogens with zero attached hydrogens (tertiary/aromatic N) is 3. The van der Waals surface area contributed by atoms with Gasteiger partial charge in [-0.15, -0.1) is 0 Å². The number of aromatic nitrogens is 2. The first-order chi connectivity index (χ1) is 9.10. The standard InChI is InChI=1S/C13H11BrN4O/c1-9(18-8-11(14)7-16-18)13(19)17-12-4-2-10(6-15)3-5-12/h2-5,7-9H,1H3,(H,17,19). The van der Waals surface area contributed by atoms with E-state index in [9.17, 15) is 4.79 Å². The molecule has 0 aliphatic heterocycles. The third kappa shape index (κ3) is 3.20. The zero-order chi connectivity index (χ0) is 13.8. The predicted molar refractivity (Wildman–Crippen MR) is 74.4 cm³/mol. The van der Waals surface area contributed by atoms with Crippen LogP contribution in [0.25, 0.3) is 0 Å². The summed E-state index contributed by atoms with van der Waals surface area (Å²) in [6.07, 6.45) is 3.37. The number of hydrogen-bond acceptors (Lipinski definition) is 3. The molecule has 5 nitrogen and oxygen atoms in total. The van der Waals surface area contributed by atoms with Gasteiger partial charge in [0.2, 0.25) is 5.91 Å². The molecule has 0 aliphatic carbocycles. The van der Waals surface area contributed by atoms with Crippen LogP contribution < -0.4 is 5.32 Å². The van der Waals surface area contributed by atoms with Crippen LogP contribution in [0.2, 0.25) is 0 Å². The molecule has 0 aliphatic rings. The van der Waals surface area contributed by atoms with Crippen LogP contribution in [0.3, 0.4) is 0 Å². The number of carbonyl (C=O) groups is 1. The van der Waals surface area contributed by atoms with Gasteiger partial charge in [-0.1, -0.05) is 0 Å².